The van der Waals surface area contributed by atoms with Crippen molar-refractivity contribution in [3.05, 3.63) is 34.1 Å². The maximum absolute atomic E-state index is 12.0. The van der Waals surface area contributed by atoms with Gasteiger partial charge in [-0.15, -0.1) is 0 Å². The quantitative estimate of drug-likeness (QED) is 0.444. The molecule has 1 aromatic carbocycles. The second-order valence-electron chi connectivity index (χ2n) is 4.87. The van der Waals surface area contributed by atoms with Crippen LogP contribution in [0.4, 0.5) is 0 Å². The van der Waals surface area contributed by atoms with Crippen LogP contribution in [-0.4, -0.2) is 42.5 Å². The number of nitrogens with one attached hydrogen (secondary N) is 1. The van der Waals surface area contributed by atoms with Crippen LogP contribution in [0.15, 0.2) is 28.2 Å². The third-order valence-corrected chi connectivity index (χ3v) is 3.87. The summed E-state index contributed by atoms with van der Waals surface area (Å²) in [5, 5.41) is 9.67. The summed E-state index contributed by atoms with van der Waals surface area (Å²) < 4.78 is 15.5. The Morgan fingerprint density at radius 1 is 1.38 bits per heavy atom. The number of aromatic amines is 1. The van der Waals surface area contributed by atoms with E-state index >= 15 is 0 Å². The SMILES string of the molecule is CCOC(=O)COc1ccc(-c2nc(SC)[nH]c(=O)c2C#N)cc1OC. The molecule has 0 amide bonds. The molecule has 0 aliphatic heterocycles. The van der Waals surface area contributed by atoms with Crippen LogP contribution in [0.2, 0.25) is 0 Å². The van der Waals surface area contributed by atoms with Crippen LogP contribution in [0.5, 0.6) is 11.5 Å². The molecule has 0 unspecified atom stereocenters. The normalized spacial score (nSPS) is 10.1. The Labute approximate surface area is 154 Å². The van der Waals surface area contributed by atoms with Crippen LogP contribution in [0, 0.1) is 11.3 Å². The predicted octanol–water partition coefficient (Wildman–Crippen LogP) is 1.98. The highest BCUT2D eigenvalue weighted by Crippen LogP contribution is 2.32. The topological polar surface area (TPSA) is 114 Å². The molecule has 1 N–H and O–H groups in total. The molecular formula is C17H17N3O5S. The number of aromatic nitrogens is 2. The van der Waals surface area contributed by atoms with Crippen molar-refractivity contribution in [2.45, 2.75) is 12.1 Å². The van der Waals surface area contributed by atoms with E-state index in [2.05, 4.69) is 9.97 Å². The van der Waals surface area contributed by atoms with Crippen molar-refractivity contribution in [2.75, 3.05) is 26.6 Å². The van der Waals surface area contributed by atoms with Crippen molar-refractivity contribution >= 4 is 17.7 Å². The predicted molar refractivity (Wildman–Crippen MR) is 95.5 cm³/mol. The first-order valence-corrected chi connectivity index (χ1v) is 8.81. The van der Waals surface area contributed by atoms with Crippen molar-refractivity contribution < 1.29 is 19.0 Å². The molecule has 0 aliphatic carbocycles. The van der Waals surface area contributed by atoms with E-state index in [1.807, 2.05) is 6.07 Å². The van der Waals surface area contributed by atoms with Crippen LogP contribution in [0.25, 0.3) is 11.3 Å². The molecule has 0 bridgehead atoms. The second-order valence-corrected chi connectivity index (χ2v) is 5.66. The first kappa shape index (κ1) is 19.3. The average molecular weight is 375 g/mol. The fourth-order valence-electron chi connectivity index (χ4n) is 2.14. The molecule has 9 heteroatoms. The van der Waals surface area contributed by atoms with Gasteiger partial charge in [0, 0.05) is 5.56 Å². The number of nitriles is 1. The molecule has 0 radical (unpaired) electrons. The van der Waals surface area contributed by atoms with Gasteiger partial charge in [-0.3, -0.25) is 4.79 Å². The van der Waals surface area contributed by atoms with E-state index in [1.54, 1.807) is 31.4 Å². The summed E-state index contributed by atoms with van der Waals surface area (Å²) in [6.07, 6.45) is 1.76. The molecule has 0 saturated carbocycles. The molecule has 0 atom stereocenters. The molecule has 8 nitrogen and oxygen atoms in total. The highest BCUT2D eigenvalue weighted by molar-refractivity contribution is 7.98. The number of benzene rings is 1. The van der Waals surface area contributed by atoms with Gasteiger partial charge in [0.25, 0.3) is 5.56 Å². The van der Waals surface area contributed by atoms with Crippen LogP contribution in [0.1, 0.15) is 12.5 Å². The van der Waals surface area contributed by atoms with E-state index in [0.717, 1.165) is 0 Å². The number of carbonyl (C=O) groups is 1. The number of carbonyl (C=O) groups excluding carboxylic acids is 1. The van der Waals surface area contributed by atoms with E-state index in [4.69, 9.17) is 14.2 Å². The van der Waals surface area contributed by atoms with Gasteiger partial charge in [0.2, 0.25) is 0 Å². The Balaban J connectivity index is 2.41. The number of H-pyrrole nitrogens is 1. The van der Waals surface area contributed by atoms with Crippen LogP contribution in [-0.2, 0) is 9.53 Å². The molecule has 136 valence electrons. The maximum atomic E-state index is 12.0. The van der Waals surface area contributed by atoms with Gasteiger partial charge in [-0.1, -0.05) is 11.8 Å². The van der Waals surface area contributed by atoms with Crippen LogP contribution < -0.4 is 15.0 Å². The standard InChI is InChI=1S/C17H17N3O5S/c1-4-24-14(21)9-25-12-6-5-10(7-13(12)23-2)15-11(8-18)16(22)20-17(19-15)26-3/h5-7H,4,9H2,1-3H3,(H,19,20,22). The molecule has 2 aromatic rings. The Morgan fingerprint density at radius 3 is 2.77 bits per heavy atom. The molecule has 26 heavy (non-hydrogen) atoms. The number of rotatable bonds is 7. The van der Waals surface area contributed by atoms with Gasteiger partial charge >= 0.3 is 5.97 Å². The number of ether oxygens (including phenoxy) is 3. The summed E-state index contributed by atoms with van der Waals surface area (Å²) in [6, 6.07) is 6.68. The minimum absolute atomic E-state index is 0.0926. The van der Waals surface area contributed by atoms with E-state index < -0.39 is 11.5 Å². The van der Waals surface area contributed by atoms with Crippen molar-refractivity contribution in [1.29, 1.82) is 5.26 Å². The Morgan fingerprint density at radius 2 is 2.15 bits per heavy atom. The zero-order valence-electron chi connectivity index (χ0n) is 14.5. The second kappa shape index (κ2) is 8.92. The van der Waals surface area contributed by atoms with E-state index in [1.165, 1.54) is 18.9 Å². The number of methoxy groups -OCH3 is 1. The maximum Gasteiger partial charge on any atom is 0.344 e. The van der Waals surface area contributed by atoms with E-state index in [0.29, 0.717) is 22.2 Å². The number of hydrogen-bond donors (Lipinski definition) is 1. The highest BCUT2D eigenvalue weighted by atomic mass is 32.2. The summed E-state index contributed by atoms with van der Waals surface area (Å²) in [7, 11) is 1.44. The molecule has 0 saturated heterocycles. The zero-order chi connectivity index (χ0) is 19.1. The summed E-state index contributed by atoms with van der Waals surface area (Å²) in [6.45, 7) is 1.71. The average Bonchev–Trinajstić information content (AvgIpc) is 2.65. The summed E-state index contributed by atoms with van der Waals surface area (Å²) in [4.78, 5) is 30.3. The number of hydrogen-bond acceptors (Lipinski definition) is 8. The summed E-state index contributed by atoms with van der Waals surface area (Å²) in [5.74, 6) is 0.174. The minimum atomic E-state index is -0.511. The highest BCUT2D eigenvalue weighted by Gasteiger charge is 2.16. The summed E-state index contributed by atoms with van der Waals surface area (Å²) in [5.41, 5.74) is 0.160. The lowest BCUT2D eigenvalue weighted by atomic mass is 10.1. The van der Waals surface area contributed by atoms with Crippen LogP contribution in [0.3, 0.4) is 0 Å². The number of nitrogens with zero attached hydrogens (tertiary/aromatic N) is 2. The van der Waals surface area contributed by atoms with Gasteiger partial charge < -0.3 is 19.2 Å². The van der Waals surface area contributed by atoms with Gasteiger partial charge in [-0.05, 0) is 31.4 Å². The Kier molecular flexibility index (Phi) is 6.63. The molecule has 1 aromatic heterocycles. The van der Waals surface area contributed by atoms with Gasteiger partial charge in [-0.25, -0.2) is 9.78 Å². The van der Waals surface area contributed by atoms with Gasteiger partial charge in [-0.2, -0.15) is 5.26 Å². The largest absolute Gasteiger partial charge is 0.493 e. The lowest BCUT2D eigenvalue weighted by Gasteiger charge is -2.12. The third-order valence-electron chi connectivity index (χ3n) is 3.29. The lowest BCUT2D eigenvalue weighted by Crippen LogP contribution is -2.15. The van der Waals surface area contributed by atoms with Crippen molar-refractivity contribution in [3.8, 4) is 28.8 Å². The molecular weight excluding hydrogens is 358 g/mol. The lowest BCUT2D eigenvalue weighted by molar-refractivity contribution is -0.145. The fourth-order valence-corrected chi connectivity index (χ4v) is 2.51. The molecule has 0 spiro atoms. The van der Waals surface area contributed by atoms with Crippen molar-refractivity contribution in [2.24, 2.45) is 0 Å². The first-order valence-electron chi connectivity index (χ1n) is 7.59. The monoisotopic (exact) mass is 375 g/mol. The summed E-state index contributed by atoms with van der Waals surface area (Å²) >= 11 is 1.26. The molecule has 2 rings (SSSR count). The number of esters is 1. The number of thioether (sulfide) groups is 1. The van der Waals surface area contributed by atoms with Crippen molar-refractivity contribution in [1.82, 2.24) is 9.97 Å². The van der Waals surface area contributed by atoms with E-state index in [9.17, 15) is 14.9 Å². The Hall–Kier alpha value is -2.99. The minimum Gasteiger partial charge on any atom is -0.493 e. The molecule has 0 aliphatic rings. The fraction of sp³-hybridized carbons (Fsp3) is 0.294. The van der Waals surface area contributed by atoms with Crippen LogP contribution >= 0.6 is 11.8 Å². The molecule has 0 fully saturated rings. The van der Waals surface area contributed by atoms with Gasteiger partial charge in [0.1, 0.15) is 11.6 Å². The van der Waals surface area contributed by atoms with Gasteiger partial charge in [0.05, 0.1) is 19.4 Å². The smallest absolute Gasteiger partial charge is 0.344 e. The molecule has 1 heterocycles. The third kappa shape index (κ3) is 4.34. The Bertz CT molecular complexity index is 904. The van der Waals surface area contributed by atoms with Crippen molar-refractivity contribution in [3.63, 3.8) is 0 Å². The zero-order valence-corrected chi connectivity index (χ0v) is 15.3. The first-order chi connectivity index (χ1) is 12.5. The van der Waals surface area contributed by atoms with E-state index in [-0.39, 0.29) is 24.5 Å². The van der Waals surface area contributed by atoms with Gasteiger partial charge in [0.15, 0.2) is 23.3 Å².